The molecule has 0 saturated heterocycles. The van der Waals surface area contributed by atoms with Crippen LogP contribution in [0.5, 0.6) is 0 Å². The van der Waals surface area contributed by atoms with Crippen LogP contribution < -0.4 is 5.32 Å². The minimum absolute atomic E-state index is 0.0571. The number of carbonyl (C=O) groups is 1. The first kappa shape index (κ1) is 16.4. The molecule has 24 heavy (non-hydrogen) atoms. The molecule has 0 unspecified atom stereocenters. The van der Waals surface area contributed by atoms with Crippen molar-refractivity contribution in [2.75, 3.05) is 6.54 Å². The number of amides is 1. The standard InChI is InChI=1S/C18H18FN3OS/c1-13-11-21-17(8-9-20-18(23)16-3-2-10-24-16)22(13)12-14-4-6-15(19)7-5-14/h2-7,10-11H,8-9,12H2,1H3,(H,20,23). The van der Waals surface area contributed by atoms with E-state index < -0.39 is 0 Å². The number of hydrogen-bond donors (Lipinski definition) is 1. The average molecular weight is 343 g/mol. The van der Waals surface area contributed by atoms with E-state index in [0.29, 0.717) is 24.4 Å². The van der Waals surface area contributed by atoms with Crippen LogP contribution >= 0.6 is 11.3 Å². The Balaban J connectivity index is 1.62. The second-order valence-electron chi connectivity index (χ2n) is 5.51. The number of thiophene rings is 1. The van der Waals surface area contributed by atoms with Crippen molar-refractivity contribution >= 4 is 17.2 Å². The Kier molecular flexibility index (Phi) is 5.05. The van der Waals surface area contributed by atoms with E-state index in [1.54, 1.807) is 18.2 Å². The van der Waals surface area contributed by atoms with E-state index in [1.165, 1.54) is 23.5 Å². The van der Waals surface area contributed by atoms with Crippen LogP contribution in [-0.2, 0) is 13.0 Å². The Labute approximate surface area is 144 Å². The molecule has 0 atom stereocenters. The maximum atomic E-state index is 13.0. The van der Waals surface area contributed by atoms with Gasteiger partial charge in [0.15, 0.2) is 0 Å². The summed E-state index contributed by atoms with van der Waals surface area (Å²) in [6, 6.07) is 10.1. The Morgan fingerprint density at radius 1 is 1.29 bits per heavy atom. The number of nitrogens with one attached hydrogen (secondary N) is 1. The van der Waals surface area contributed by atoms with Crippen LogP contribution in [-0.4, -0.2) is 22.0 Å². The number of rotatable bonds is 6. The summed E-state index contributed by atoms with van der Waals surface area (Å²) >= 11 is 1.42. The molecule has 6 heteroatoms. The number of aryl methyl sites for hydroxylation is 1. The maximum Gasteiger partial charge on any atom is 0.261 e. The van der Waals surface area contributed by atoms with Crippen LogP contribution in [0.25, 0.3) is 0 Å². The average Bonchev–Trinajstić information content (AvgIpc) is 3.22. The lowest BCUT2D eigenvalue weighted by molar-refractivity contribution is 0.0958. The molecule has 4 nitrogen and oxygen atoms in total. The zero-order chi connectivity index (χ0) is 16.9. The number of carbonyl (C=O) groups excluding carboxylic acids is 1. The summed E-state index contributed by atoms with van der Waals surface area (Å²) in [7, 11) is 0. The molecular weight excluding hydrogens is 325 g/mol. The second kappa shape index (κ2) is 7.40. The largest absolute Gasteiger partial charge is 0.351 e. The van der Waals surface area contributed by atoms with Crippen LogP contribution in [0.3, 0.4) is 0 Å². The highest BCUT2D eigenvalue weighted by atomic mass is 32.1. The molecule has 0 aliphatic carbocycles. The topological polar surface area (TPSA) is 46.9 Å². The van der Waals surface area contributed by atoms with Crippen molar-refractivity contribution in [3.05, 3.63) is 75.8 Å². The van der Waals surface area contributed by atoms with Gasteiger partial charge in [0.25, 0.3) is 5.91 Å². The highest BCUT2D eigenvalue weighted by Crippen LogP contribution is 2.11. The van der Waals surface area contributed by atoms with Gasteiger partial charge in [-0.2, -0.15) is 0 Å². The van der Waals surface area contributed by atoms with Crippen molar-refractivity contribution in [3.63, 3.8) is 0 Å². The monoisotopic (exact) mass is 343 g/mol. The first-order valence-electron chi connectivity index (χ1n) is 7.70. The van der Waals surface area contributed by atoms with Crippen LogP contribution in [0, 0.1) is 12.7 Å². The van der Waals surface area contributed by atoms with Crippen molar-refractivity contribution in [2.24, 2.45) is 0 Å². The fourth-order valence-corrected chi connectivity index (χ4v) is 3.12. The van der Waals surface area contributed by atoms with Crippen molar-refractivity contribution in [3.8, 4) is 0 Å². The zero-order valence-electron chi connectivity index (χ0n) is 13.3. The summed E-state index contributed by atoms with van der Waals surface area (Å²) in [4.78, 5) is 17.1. The van der Waals surface area contributed by atoms with Gasteiger partial charge in [0, 0.05) is 31.4 Å². The van der Waals surface area contributed by atoms with Crippen molar-refractivity contribution in [1.29, 1.82) is 0 Å². The molecule has 0 radical (unpaired) electrons. The first-order chi connectivity index (χ1) is 11.6. The normalized spacial score (nSPS) is 10.8. The first-order valence-corrected chi connectivity index (χ1v) is 8.58. The van der Waals surface area contributed by atoms with Gasteiger partial charge in [-0.05, 0) is 36.1 Å². The van der Waals surface area contributed by atoms with Gasteiger partial charge in [0.1, 0.15) is 11.6 Å². The summed E-state index contributed by atoms with van der Waals surface area (Å²) < 4.78 is 15.1. The predicted octanol–water partition coefficient (Wildman–Crippen LogP) is 3.41. The van der Waals surface area contributed by atoms with Crippen molar-refractivity contribution in [2.45, 2.75) is 19.9 Å². The van der Waals surface area contributed by atoms with Crippen molar-refractivity contribution < 1.29 is 9.18 Å². The summed E-state index contributed by atoms with van der Waals surface area (Å²) in [5, 5.41) is 4.79. The molecule has 0 fully saturated rings. The van der Waals surface area contributed by atoms with E-state index in [9.17, 15) is 9.18 Å². The number of imidazole rings is 1. The van der Waals surface area contributed by atoms with E-state index in [0.717, 1.165) is 17.1 Å². The third kappa shape index (κ3) is 3.89. The molecule has 0 saturated carbocycles. The summed E-state index contributed by atoms with van der Waals surface area (Å²) in [5.41, 5.74) is 2.06. The smallest absolute Gasteiger partial charge is 0.261 e. The minimum atomic E-state index is -0.238. The SMILES string of the molecule is Cc1cnc(CCNC(=O)c2cccs2)n1Cc1ccc(F)cc1. The van der Waals surface area contributed by atoms with Gasteiger partial charge in [-0.15, -0.1) is 11.3 Å². The number of hydrogen-bond acceptors (Lipinski definition) is 3. The molecule has 0 aliphatic rings. The van der Waals surface area contributed by atoms with Gasteiger partial charge in [-0.3, -0.25) is 4.79 Å². The number of aromatic nitrogens is 2. The van der Waals surface area contributed by atoms with E-state index in [2.05, 4.69) is 14.9 Å². The molecule has 3 rings (SSSR count). The van der Waals surface area contributed by atoms with Crippen LogP contribution in [0.15, 0.2) is 48.0 Å². The van der Waals surface area contributed by atoms with E-state index >= 15 is 0 Å². The highest BCUT2D eigenvalue weighted by molar-refractivity contribution is 7.12. The van der Waals surface area contributed by atoms with E-state index in [4.69, 9.17) is 0 Å². The van der Waals surface area contributed by atoms with Gasteiger partial charge in [0.2, 0.25) is 0 Å². The Hall–Kier alpha value is -2.47. The van der Waals surface area contributed by atoms with E-state index in [-0.39, 0.29) is 11.7 Å². The summed E-state index contributed by atoms with van der Waals surface area (Å²) in [5.74, 6) is 0.610. The minimum Gasteiger partial charge on any atom is -0.351 e. The molecule has 2 aromatic heterocycles. The quantitative estimate of drug-likeness (QED) is 0.745. The Morgan fingerprint density at radius 2 is 2.08 bits per heavy atom. The van der Waals surface area contributed by atoms with Gasteiger partial charge >= 0.3 is 0 Å². The molecule has 1 aromatic carbocycles. The Bertz CT molecular complexity index is 809. The van der Waals surface area contributed by atoms with Crippen LogP contribution in [0.1, 0.15) is 26.8 Å². The Morgan fingerprint density at radius 3 is 2.79 bits per heavy atom. The molecule has 124 valence electrons. The van der Waals surface area contributed by atoms with Crippen LogP contribution in [0.2, 0.25) is 0 Å². The number of halogens is 1. The number of nitrogens with zero attached hydrogens (tertiary/aromatic N) is 2. The molecule has 0 aliphatic heterocycles. The fourth-order valence-electron chi connectivity index (χ4n) is 2.48. The zero-order valence-corrected chi connectivity index (χ0v) is 14.1. The van der Waals surface area contributed by atoms with Gasteiger partial charge in [-0.25, -0.2) is 9.37 Å². The summed E-state index contributed by atoms with van der Waals surface area (Å²) in [6.45, 7) is 3.15. The third-order valence-corrected chi connectivity index (χ3v) is 4.64. The molecule has 0 bridgehead atoms. The lowest BCUT2D eigenvalue weighted by Crippen LogP contribution is -2.25. The highest BCUT2D eigenvalue weighted by Gasteiger charge is 2.10. The van der Waals surface area contributed by atoms with Gasteiger partial charge in [0.05, 0.1) is 4.88 Å². The lowest BCUT2D eigenvalue weighted by atomic mass is 10.2. The van der Waals surface area contributed by atoms with Crippen LogP contribution in [0.4, 0.5) is 4.39 Å². The number of benzene rings is 1. The fraction of sp³-hybridized carbons (Fsp3) is 0.222. The maximum absolute atomic E-state index is 13.0. The molecular formula is C18H18FN3OS. The molecule has 0 spiro atoms. The molecule has 3 aromatic rings. The third-order valence-electron chi connectivity index (χ3n) is 3.77. The van der Waals surface area contributed by atoms with Crippen molar-refractivity contribution in [1.82, 2.24) is 14.9 Å². The predicted molar refractivity (Wildman–Crippen MR) is 92.8 cm³/mol. The van der Waals surface area contributed by atoms with Gasteiger partial charge < -0.3 is 9.88 Å². The molecule has 1 amide bonds. The second-order valence-corrected chi connectivity index (χ2v) is 6.46. The lowest BCUT2D eigenvalue weighted by Gasteiger charge is -2.11. The van der Waals surface area contributed by atoms with Gasteiger partial charge in [-0.1, -0.05) is 18.2 Å². The summed E-state index contributed by atoms with van der Waals surface area (Å²) in [6.07, 6.45) is 2.46. The molecule has 1 N–H and O–H groups in total. The van der Waals surface area contributed by atoms with E-state index in [1.807, 2.05) is 24.6 Å². The molecule has 2 heterocycles.